The Kier molecular flexibility index (Phi) is 6.34. The number of carbonyl (C=O) groups is 1. The molecular weight excluding hydrogens is 462 g/mol. The van der Waals surface area contributed by atoms with Gasteiger partial charge in [0.2, 0.25) is 11.9 Å². The summed E-state index contributed by atoms with van der Waals surface area (Å²) in [4.78, 5) is 15.4. The molecular formula is C24H22F2N4O3S. The molecule has 3 N–H and O–H groups in total. The average Bonchev–Trinajstić information content (AvgIpc) is 2.77. The Morgan fingerprint density at radius 2 is 1.82 bits per heavy atom. The van der Waals surface area contributed by atoms with Crippen molar-refractivity contribution in [1.82, 2.24) is 4.72 Å². The second-order valence-electron chi connectivity index (χ2n) is 7.85. The van der Waals surface area contributed by atoms with Crippen LogP contribution in [0.5, 0.6) is 0 Å². The summed E-state index contributed by atoms with van der Waals surface area (Å²) < 4.78 is 57.5. The lowest BCUT2D eigenvalue weighted by atomic mass is 9.91. The van der Waals surface area contributed by atoms with Gasteiger partial charge < -0.3 is 10.6 Å². The van der Waals surface area contributed by atoms with Crippen molar-refractivity contribution in [2.24, 2.45) is 4.99 Å². The minimum atomic E-state index is -4.05. The molecule has 0 bridgehead atoms. The van der Waals surface area contributed by atoms with E-state index in [0.717, 1.165) is 12.1 Å². The third-order valence-electron chi connectivity index (χ3n) is 5.39. The quantitative estimate of drug-likeness (QED) is 0.502. The molecule has 0 saturated carbocycles. The summed E-state index contributed by atoms with van der Waals surface area (Å²) in [6, 6.07) is 15.1. The summed E-state index contributed by atoms with van der Waals surface area (Å²) in [5.74, 6) is -2.27. The minimum Gasteiger partial charge on any atom is -0.326 e. The molecule has 0 unspecified atom stereocenters. The van der Waals surface area contributed by atoms with E-state index in [-0.39, 0.29) is 40.1 Å². The maximum absolute atomic E-state index is 15.0. The van der Waals surface area contributed by atoms with Crippen LogP contribution < -0.4 is 15.4 Å². The molecule has 4 rings (SSSR count). The predicted octanol–water partition coefficient (Wildman–Crippen LogP) is 4.34. The lowest BCUT2D eigenvalue weighted by molar-refractivity contribution is -0.114. The molecule has 1 atom stereocenters. The topological polar surface area (TPSA) is 99.7 Å². The van der Waals surface area contributed by atoms with Gasteiger partial charge in [-0.1, -0.05) is 37.3 Å². The molecule has 0 aromatic heterocycles. The molecule has 176 valence electrons. The Bertz CT molecular complexity index is 1410. The lowest BCUT2D eigenvalue weighted by Crippen LogP contribution is -2.41. The first-order chi connectivity index (χ1) is 16.2. The first-order valence-corrected chi connectivity index (χ1v) is 11.9. The van der Waals surface area contributed by atoms with Gasteiger partial charge >= 0.3 is 0 Å². The van der Waals surface area contributed by atoms with Crippen LogP contribution >= 0.6 is 0 Å². The number of hydrogen-bond acceptors (Lipinski definition) is 4. The number of hydrogen-bond donors (Lipinski definition) is 3. The number of fused-ring (bicyclic) bond motifs is 1. The molecule has 3 aromatic rings. The Balaban J connectivity index is 1.71. The zero-order valence-electron chi connectivity index (χ0n) is 18.4. The van der Waals surface area contributed by atoms with Crippen LogP contribution in [0.25, 0.3) is 0 Å². The summed E-state index contributed by atoms with van der Waals surface area (Å²) >= 11 is 0. The zero-order valence-corrected chi connectivity index (χ0v) is 19.2. The molecule has 34 heavy (non-hydrogen) atoms. The number of guanidine groups is 1. The van der Waals surface area contributed by atoms with Crippen LogP contribution in [0.15, 0.2) is 70.6 Å². The van der Waals surface area contributed by atoms with E-state index in [2.05, 4.69) is 20.3 Å². The fourth-order valence-corrected chi connectivity index (χ4v) is 5.01. The largest absolute Gasteiger partial charge is 0.326 e. The van der Waals surface area contributed by atoms with E-state index in [9.17, 15) is 22.0 Å². The number of halogens is 2. The van der Waals surface area contributed by atoms with E-state index in [4.69, 9.17) is 0 Å². The highest BCUT2D eigenvalue weighted by atomic mass is 32.2. The molecule has 7 nitrogen and oxygen atoms in total. The molecule has 1 heterocycles. The van der Waals surface area contributed by atoms with Crippen LogP contribution in [-0.4, -0.2) is 20.3 Å². The fraction of sp³-hybridized carbons (Fsp3) is 0.167. The molecule has 0 fully saturated rings. The second kappa shape index (κ2) is 9.22. The van der Waals surface area contributed by atoms with Crippen molar-refractivity contribution in [3.63, 3.8) is 0 Å². The Morgan fingerprint density at radius 3 is 2.56 bits per heavy atom. The minimum absolute atomic E-state index is 0.0141. The second-order valence-corrected chi connectivity index (χ2v) is 9.51. The number of aliphatic imine (C=N–C) groups is 1. The molecule has 3 aromatic carbocycles. The van der Waals surface area contributed by atoms with Gasteiger partial charge in [-0.05, 0) is 41.5 Å². The van der Waals surface area contributed by atoms with Crippen molar-refractivity contribution >= 4 is 33.3 Å². The normalized spacial score (nSPS) is 16.2. The van der Waals surface area contributed by atoms with Gasteiger partial charge in [-0.3, -0.25) is 4.79 Å². The number of sulfonamides is 1. The van der Waals surface area contributed by atoms with Crippen LogP contribution in [0, 0.1) is 11.6 Å². The SMILES string of the molecule is CC(=O)Nc1cccc(CN=C2Nc3c(ccc(F)c3[C@H](C)c3ccccc3F)S(=O)(=O)N2)c1. The van der Waals surface area contributed by atoms with E-state index in [1.165, 1.54) is 25.1 Å². The third-order valence-corrected chi connectivity index (χ3v) is 6.77. The number of benzene rings is 3. The molecule has 1 amide bonds. The number of anilines is 2. The lowest BCUT2D eigenvalue weighted by Gasteiger charge is -2.26. The summed E-state index contributed by atoms with van der Waals surface area (Å²) in [7, 11) is -4.05. The highest BCUT2D eigenvalue weighted by Crippen LogP contribution is 2.38. The van der Waals surface area contributed by atoms with E-state index >= 15 is 0 Å². The highest BCUT2D eigenvalue weighted by molar-refractivity contribution is 7.90. The van der Waals surface area contributed by atoms with Gasteiger partial charge in [0.1, 0.15) is 16.5 Å². The van der Waals surface area contributed by atoms with E-state index in [1.807, 2.05) is 0 Å². The predicted molar refractivity (Wildman–Crippen MR) is 126 cm³/mol. The Labute approximate surface area is 196 Å². The molecule has 1 aliphatic rings. The van der Waals surface area contributed by atoms with Gasteiger partial charge in [0, 0.05) is 24.1 Å². The maximum Gasteiger partial charge on any atom is 0.266 e. The van der Waals surface area contributed by atoms with Crippen molar-refractivity contribution in [2.75, 3.05) is 10.6 Å². The summed E-state index contributed by atoms with van der Waals surface area (Å²) in [5.41, 5.74) is 1.56. The number of nitrogens with one attached hydrogen (secondary N) is 3. The van der Waals surface area contributed by atoms with Crippen LogP contribution in [0.4, 0.5) is 20.2 Å². The Hall–Kier alpha value is -3.79. The van der Waals surface area contributed by atoms with E-state index < -0.39 is 27.6 Å². The summed E-state index contributed by atoms with van der Waals surface area (Å²) in [6.07, 6.45) is 0. The summed E-state index contributed by atoms with van der Waals surface area (Å²) in [6.45, 7) is 3.09. The van der Waals surface area contributed by atoms with Crippen molar-refractivity contribution < 1.29 is 22.0 Å². The van der Waals surface area contributed by atoms with Crippen LogP contribution in [0.2, 0.25) is 0 Å². The van der Waals surface area contributed by atoms with Gasteiger partial charge in [-0.15, -0.1) is 0 Å². The van der Waals surface area contributed by atoms with Crippen LogP contribution in [0.3, 0.4) is 0 Å². The van der Waals surface area contributed by atoms with Crippen molar-refractivity contribution in [1.29, 1.82) is 0 Å². The van der Waals surface area contributed by atoms with E-state index in [1.54, 1.807) is 37.3 Å². The third kappa shape index (κ3) is 4.76. The Morgan fingerprint density at radius 1 is 1.06 bits per heavy atom. The van der Waals surface area contributed by atoms with Gasteiger partial charge in [0.15, 0.2) is 0 Å². The monoisotopic (exact) mass is 484 g/mol. The molecule has 10 heteroatoms. The maximum atomic E-state index is 15.0. The van der Waals surface area contributed by atoms with Crippen molar-refractivity contribution in [2.45, 2.75) is 31.2 Å². The van der Waals surface area contributed by atoms with Gasteiger partial charge in [0.05, 0.1) is 12.2 Å². The highest BCUT2D eigenvalue weighted by Gasteiger charge is 2.32. The molecule has 1 aliphatic heterocycles. The number of rotatable bonds is 5. The van der Waals surface area contributed by atoms with Gasteiger partial charge in [0.25, 0.3) is 10.0 Å². The van der Waals surface area contributed by atoms with E-state index in [0.29, 0.717) is 11.3 Å². The van der Waals surface area contributed by atoms with Crippen molar-refractivity contribution in [3.05, 3.63) is 89.0 Å². The zero-order chi connectivity index (χ0) is 24.5. The standard InChI is InChI=1S/C24H22F2N4O3S/c1-14(18-8-3-4-9-19(18)25)22-20(26)10-11-21-23(22)29-24(30-34(21,32)33)27-13-16-6-5-7-17(12-16)28-15(2)31/h3-12,14H,13H2,1-2H3,(H,28,31)(H2,27,29,30)/t14-/m1/s1. The van der Waals surface area contributed by atoms with Gasteiger partial charge in [-0.2, -0.15) is 0 Å². The number of carbonyl (C=O) groups excluding carboxylic acids is 1. The summed E-state index contributed by atoms with van der Waals surface area (Å²) in [5, 5.41) is 5.55. The molecule has 0 saturated heterocycles. The van der Waals surface area contributed by atoms with Gasteiger partial charge in [-0.25, -0.2) is 26.9 Å². The first kappa shape index (κ1) is 23.4. The first-order valence-electron chi connectivity index (χ1n) is 10.4. The number of nitrogens with zero attached hydrogens (tertiary/aromatic N) is 1. The van der Waals surface area contributed by atoms with Crippen LogP contribution in [0.1, 0.15) is 36.5 Å². The molecule has 0 radical (unpaired) electrons. The fourth-order valence-electron chi connectivity index (χ4n) is 3.85. The van der Waals surface area contributed by atoms with Crippen molar-refractivity contribution in [3.8, 4) is 0 Å². The smallest absolute Gasteiger partial charge is 0.266 e. The van der Waals surface area contributed by atoms with Crippen LogP contribution in [-0.2, 0) is 21.4 Å². The average molecular weight is 485 g/mol. The number of amides is 1. The molecule has 0 aliphatic carbocycles. The molecule has 0 spiro atoms.